The SMILES string of the molecule is CNC(=O)[C@@H](NC(=O)c1nc(-c2ccncc2Cl)n2c1COCC2)C(C)(C)C. The molecule has 9 heteroatoms. The molecule has 0 saturated heterocycles. The molecule has 0 bridgehead atoms. The number of fused-ring (bicyclic) bond motifs is 1. The fourth-order valence-electron chi connectivity index (χ4n) is 3.16. The van der Waals surface area contributed by atoms with Crippen LogP contribution in [0.4, 0.5) is 0 Å². The molecule has 0 radical (unpaired) electrons. The summed E-state index contributed by atoms with van der Waals surface area (Å²) >= 11 is 6.29. The van der Waals surface area contributed by atoms with Gasteiger partial charge in [-0.2, -0.15) is 0 Å². The summed E-state index contributed by atoms with van der Waals surface area (Å²) in [5.41, 5.74) is 1.12. The summed E-state index contributed by atoms with van der Waals surface area (Å²) in [5.74, 6) is -0.0973. The van der Waals surface area contributed by atoms with E-state index < -0.39 is 17.4 Å². The molecule has 0 saturated carbocycles. The maximum atomic E-state index is 13.1. The van der Waals surface area contributed by atoms with E-state index in [1.807, 2.05) is 25.3 Å². The lowest BCUT2D eigenvalue weighted by molar-refractivity contribution is -0.124. The molecule has 0 spiro atoms. The van der Waals surface area contributed by atoms with Crippen LogP contribution in [0.2, 0.25) is 5.02 Å². The predicted octanol–water partition coefficient (Wildman–Crippen LogP) is 2.02. The van der Waals surface area contributed by atoms with Gasteiger partial charge in [0.25, 0.3) is 5.91 Å². The standard InChI is InChI=1S/C19H24ClN5O3/c1-19(2,3)15(18(27)21-4)24-17(26)14-13-10-28-8-7-25(13)16(23-14)11-5-6-22-9-12(11)20/h5-6,9,15H,7-8,10H2,1-4H3,(H,21,27)(H,24,26)/t15-/m1/s1. The maximum Gasteiger partial charge on any atom is 0.272 e. The molecule has 150 valence electrons. The van der Waals surface area contributed by atoms with Crippen molar-refractivity contribution in [3.8, 4) is 11.4 Å². The highest BCUT2D eigenvalue weighted by molar-refractivity contribution is 6.33. The lowest BCUT2D eigenvalue weighted by atomic mass is 9.86. The zero-order chi connectivity index (χ0) is 20.5. The summed E-state index contributed by atoms with van der Waals surface area (Å²) in [4.78, 5) is 33.9. The molecule has 2 amide bonds. The number of amides is 2. The van der Waals surface area contributed by atoms with Gasteiger partial charge in [-0.25, -0.2) is 4.98 Å². The van der Waals surface area contributed by atoms with E-state index in [4.69, 9.17) is 16.3 Å². The van der Waals surface area contributed by atoms with E-state index in [2.05, 4.69) is 20.6 Å². The van der Waals surface area contributed by atoms with E-state index in [0.717, 1.165) is 0 Å². The fourth-order valence-corrected chi connectivity index (χ4v) is 3.37. The number of likely N-dealkylation sites (N-methyl/N-ethyl adjacent to an activating group) is 1. The monoisotopic (exact) mass is 405 g/mol. The number of ether oxygens (including phenoxy) is 1. The van der Waals surface area contributed by atoms with E-state index >= 15 is 0 Å². The first kappa shape index (κ1) is 20.3. The molecule has 2 N–H and O–H groups in total. The Morgan fingerprint density at radius 3 is 2.75 bits per heavy atom. The fraction of sp³-hybridized carbons (Fsp3) is 0.474. The first-order valence-corrected chi connectivity index (χ1v) is 9.41. The van der Waals surface area contributed by atoms with Crippen molar-refractivity contribution in [3.05, 3.63) is 34.9 Å². The molecule has 1 atom stereocenters. The van der Waals surface area contributed by atoms with Crippen molar-refractivity contribution in [2.75, 3.05) is 13.7 Å². The Kier molecular flexibility index (Phi) is 5.71. The molecule has 0 unspecified atom stereocenters. The molecular formula is C19H24ClN5O3. The molecule has 2 aromatic heterocycles. The molecular weight excluding hydrogens is 382 g/mol. The van der Waals surface area contributed by atoms with Crippen molar-refractivity contribution in [3.63, 3.8) is 0 Å². The zero-order valence-corrected chi connectivity index (χ0v) is 17.1. The number of nitrogens with one attached hydrogen (secondary N) is 2. The van der Waals surface area contributed by atoms with Gasteiger partial charge >= 0.3 is 0 Å². The largest absolute Gasteiger partial charge is 0.373 e. The van der Waals surface area contributed by atoms with Crippen molar-refractivity contribution in [2.45, 2.75) is 40.0 Å². The van der Waals surface area contributed by atoms with Crippen molar-refractivity contribution in [2.24, 2.45) is 5.41 Å². The first-order chi connectivity index (χ1) is 13.2. The van der Waals surface area contributed by atoms with Gasteiger partial charge in [0.05, 0.1) is 23.9 Å². The molecule has 0 fully saturated rings. The Bertz CT molecular complexity index is 903. The summed E-state index contributed by atoms with van der Waals surface area (Å²) in [5, 5.41) is 5.88. The van der Waals surface area contributed by atoms with Crippen LogP contribution in [0.15, 0.2) is 18.5 Å². The molecule has 1 aliphatic heterocycles. The first-order valence-electron chi connectivity index (χ1n) is 9.03. The molecule has 0 aliphatic carbocycles. The number of carbonyl (C=O) groups is 2. The summed E-state index contributed by atoms with van der Waals surface area (Å²) in [7, 11) is 1.54. The Morgan fingerprint density at radius 1 is 1.36 bits per heavy atom. The third kappa shape index (κ3) is 3.88. The number of hydrogen-bond donors (Lipinski definition) is 2. The van der Waals surface area contributed by atoms with Gasteiger partial charge < -0.3 is 19.9 Å². The number of rotatable bonds is 4. The quantitative estimate of drug-likeness (QED) is 0.810. The Balaban J connectivity index is 2.01. The second-order valence-electron chi connectivity index (χ2n) is 7.68. The van der Waals surface area contributed by atoms with Crippen LogP contribution >= 0.6 is 11.6 Å². The van der Waals surface area contributed by atoms with Crippen LogP contribution in [-0.2, 0) is 22.7 Å². The van der Waals surface area contributed by atoms with Gasteiger partial charge in [-0.15, -0.1) is 0 Å². The molecule has 3 heterocycles. The van der Waals surface area contributed by atoms with Gasteiger partial charge in [-0.1, -0.05) is 32.4 Å². The van der Waals surface area contributed by atoms with E-state index in [-0.39, 0.29) is 18.2 Å². The highest BCUT2D eigenvalue weighted by atomic mass is 35.5. The van der Waals surface area contributed by atoms with Crippen molar-refractivity contribution in [1.29, 1.82) is 0 Å². The van der Waals surface area contributed by atoms with Crippen LogP contribution in [0, 0.1) is 5.41 Å². The molecule has 3 rings (SSSR count). The van der Waals surface area contributed by atoms with Crippen LogP contribution in [0.1, 0.15) is 37.0 Å². The van der Waals surface area contributed by atoms with Crippen LogP contribution in [-0.4, -0.2) is 46.0 Å². The average molecular weight is 406 g/mol. The average Bonchev–Trinajstić information content (AvgIpc) is 3.04. The second-order valence-corrected chi connectivity index (χ2v) is 8.08. The number of carbonyl (C=O) groups excluding carboxylic acids is 2. The summed E-state index contributed by atoms with van der Waals surface area (Å²) in [6.07, 6.45) is 3.17. The second kappa shape index (κ2) is 7.89. The molecule has 0 aromatic carbocycles. The van der Waals surface area contributed by atoms with Gasteiger partial charge in [0.1, 0.15) is 11.9 Å². The minimum absolute atomic E-state index is 0.237. The number of aromatic nitrogens is 3. The molecule has 28 heavy (non-hydrogen) atoms. The van der Waals surface area contributed by atoms with E-state index in [9.17, 15) is 9.59 Å². The molecule has 1 aliphatic rings. The predicted molar refractivity (Wildman–Crippen MR) is 105 cm³/mol. The highest BCUT2D eigenvalue weighted by Gasteiger charge is 2.34. The summed E-state index contributed by atoms with van der Waals surface area (Å²) < 4.78 is 7.48. The third-order valence-corrected chi connectivity index (χ3v) is 4.95. The van der Waals surface area contributed by atoms with E-state index in [1.54, 1.807) is 25.5 Å². The van der Waals surface area contributed by atoms with Gasteiger partial charge in [-0.3, -0.25) is 14.6 Å². The third-order valence-electron chi connectivity index (χ3n) is 4.65. The van der Waals surface area contributed by atoms with E-state index in [1.165, 1.54) is 0 Å². The molecule has 2 aromatic rings. The lowest BCUT2D eigenvalue weighted by Gasteiger charge is -2.29. The summed E-state index contributed by atoms with van der Waals surface area (Å²) in [6, 6.07) is 1.05. The number of hydrogen-bond acceptors (Lipinski definition) is 5. The van der Waals surface area contributed by atoms with E-state index in [0.29, 0.717) is 35.3 Å². The minimum atomic E-state index is -0.708. The lowest BCUT2D eigenvalue weighted by Crippen LogP contribution is -2.53. The highest BCUT2D eigenvalue weighted by Crippen LogP contribution is 2.30. The van der Waals surface area contributed by atoms with Crippen molar-refractivity contribution in [1.82, 2.24) is 25.2 Å². The Hall–Kier alpha value is -2.45. The minimum Gasteiger partial charge on any atom is -0.373 e. The number of halogens is 1. The Morgan fingerprint density at radius 2 is 2.11 bits per heavy atom. The van der Waals surface area contributed by atoms with Crippen molar-refractivity contribution >= 4 is 23.4 Å². The zero-order valence-electron chi connectivity index (χ0n) is 16.4. The van der Waals surface area contributed by atoms with Crippen molar-refractivity contribution < 1.29 is 14.3 Å². The Labute approximate surface area is 168 Å². The number of nitrogens with zero attached hydrogens (tertiary/aromatic N) is 3. The topological polar surface area (TPSA) is 98.1 Å². The van der Waals surface area contributed by atoms with Gasteiger partial charge in [0.2, 0.25) is 5.91 Å². The summed E-state index contributed by atoms with van der Waals surface area (Å²) in [6.45, 7) is 7.01. The number of imidazole rings is 1. The molecule has 8 nitrogen and oxygen atoms in total. The van der Waals surface area contributed by atoms with Gasteiger partial charge in [0.15, 0.2) is 5.69 Å². The van der Waals surface area contributed by atoms with Crippen LogP contribution < -0.4 is 10.6 Å². The smallest absolute Gasteiger partial charge is 0.272 e. The maximum absolute atomic E-state index is 13.1. The van der Waals surface area contributed by atoms with Crippen LogP contribution in [0.5, 0.6) is 0 Å². The van der Waals surface area contributed by atoms with Crippen LogP contribution in [0.25, 0.3) is 11.4 Å². The van der Waals surface area contributed by atoms with Crippen LogP contribution in [0.3, 0.4) is 0 Å². The number of pyridine rings is 1. The van der Waals surface area contributed by atoms with Gasteiger partial charge in [-0.05, 0) is 11.5 Å². The van der Waals surface area contributed by atoms with Gasteiger partial charge in [0, 0.05) is 31.5 Å². The normalized spacial score (nSPS) is 14.9.